The lowest BCUT2D eigenvalue weighted by Gasteiger charge is -2.05. The van der Waals surface area contributed by atoms with Gasteiger partial charge in [0.15, 0.2) is 0 Å². The Bertz CT molecular complexity index is 821. The molecule has 0 saturated carbocycles. The molecule has 0 saturated heterocycles. The second-order valence-corrected chi connectivity index (χ2v) is 5.30. The number of benzene rings is 1. The summed E-state index contributed by atoms with van der Waals surface area (Å²) in [6, 6.07) is 9.06. The van der Waals surface area contributed by atoms with Gasteiger partial charge in [0.05, 0.1) is 5.56 Å². The predicted octanol–water partition coefficient (Wildman–Crippen LogP) is 2.33. The van der Waals surface area contributed by atoms with Gasteiger partial charge < -0.3 is 9.97 Å². The van der Waals surface area contributed by atoms with Crippen molar-refractivity contribution in [2.75, 3.05) is 0 Å². The first kappa shape index (κ1) is 13.4. The van der Waals surface area contributed by atoms with E-state index in [1.165, 1.54) is 0 Å². The SMILES string of the molecule is O=C(NNC(=O)c1c[nH]c2ccccc12)c1cc(Br)c[nH]1. The molecule has 1 aromatic carbocycles. The summed E-state index contributed by atoms with van der Waals surface area (Å²) in [4.78, 5) is 29.7. The quantitative estimate of drug-likeness (QED) is 0.536. The van der Waals surface area contributed by atoms with Crippen molar-refractivity contribution in [3.63, 3.8) is 0 Å². The minimum atomic E-state index is -0.422. The molecule has 21 heavy (non-hydrogen) atoms. The highest BCUT2D eigenvalue weighted by atomic mass is 79.9. The van der Waals surface area contributed by atoms with E-state index in [9.17, 15) is 9.59 Å². The molecule has 3 rings (SSSR count). The van der Waals surface area contributed by atoms with Crippen molar-refractivity contribution in [1.82, 2.24) is 20.8 Å². The third kappa shape index (κ3) is 2.68. The molecule has 0 spiro atoms. The number of carbonyl (C=O) groups is 2. The first-order valence-electron chi connectivity index (χ1n) is 6.16. The molecule has 3 aromatic rings. The maximum absolute atomic E-state index is 12.1. The molecule has 2 aromatic heterocycles. The van der Waals surface area contributed by atoms with Crippen molar-refractivity contribution in [3.8, 4) is 0 Å². The molecule has 4 N–H and O–H groups in total. The van der Waals surface area contributed by atoms with Crippen LogP contribution in [0.15, 0.2) is 47.2 Å². The average molecular weight is 347 g/mol. The number of aromatic nitrogens is 2. The normalized spacial score (nSPS) is 10.5. The van der Waals surface area contributed by atoms with Gasteiger partial charge in [0, 0.05) is 27.8 Å². The standard InChI is InChI=1S/C14H11BrN4O2/c15-8-5-12(16-6-8)14(21)19-18-13(20)10-7-17-11-4-2-1-3-9(10)11/h1-7,16-17H,(H,18,20)(H,19,21). The number of carbonyl (C=O) groups excluding carboxylic acids is 2. The van der Waals surface area contributed by atoms with Crippen molar-refractivity contribution < 1.29 is 9.59 Å². The average Bonchev–Trinajstić information content (AvgIpc) is 3.10. The highest BCUT2D eigenvalue weighted by Gasteiger charge is 2.13. The van der Waals surface area contributed by atoms with Crippen LogP contribution >= 0.6 is 15.9 Å². The largest absolute Gasteiger partial charge is 0.360 e. The van der Waals surface area contributed by atoms with E-state index in [4.69, 9.17) is 0 Å². The summed E-state index contributed by atoms with van der Waals surface area (Å²) in [5, 5.41) is 0.798. The van der Waals surface area contributed by atoms with Crippen LogP contribution < -0.4 is 10.9 Å². The Hall–Kier alpha value is -2.54. The monoisotopic (exact) mass is 346 g/mol. The summed E-state index contributed by atoms with van der Waals surface area (Å²) in [6.45, 7) is 0. The van der Waals surface area contributed by atoms with Crippen molar-refractivity contribution >= 4 is 38.6 Å². The van der Waals surface area contributed by atoms with Crippen LogP contribution in [0.1, 0.15) is 20.8 Å². The minimum absolute atomic E-state index is 0.348. The number of hydrogen-bond donors (Lipinski definition) is 4. The third-order valence-corrected chi connectivity index (χ3v) is 3.47. The molecule has 0 radical (unpaired) electrons. The number of nitrogens with one attached hydrogen (secondary N) is 4. The summed E-state index contributed by atoms with van der Waals surface area (Å²) < 4.78 is 0.760. The van der Waals surface area contributed by atoms with Crippen LogP contribution in [0.2, 0.25) is 0 Å². The van der Waals surface area contributed by atoms with Gasteiger partial charge in [-0.05, 0) is 28.1 Å². The zero-order valence-electron chi connectivity index (χ0n) is 10.7. The second kappa shape index (κ2) is 5.45. The molecule has 7 heteroatoms. The lowest BCUT2D eigenvalue weighted by molar-refractivity contribution is 0.0845. The van der Waals surface area contributed by atoms with Gasteiger partial charge in [0.1, 0.15) is 5.69 Å². The van der Waals surface area contributed by atoms with Gasteiger partial charge >= 0.3 is 0 Å². The van der Waals surface area contributed by atoms with Crippen LogP contribution in [-0.4, -0.2) is 21.8 Å². The number of rotatable bonds is 2. The van der Waals surface area contributed by atoms with Gasteiger partial charge in [0.25, 0.3) is 11.8 Å². The zero-order valence-corrected chi connectivity index (χ0v) is 12.3. The van der Waals surface area contributed by atoms with Crippen molar-refractivity contribution in [3.05, 3.63) is 58.5 Å². The van der Waals surface area contributed by atoms with Crippen LogP contribution in [0.25, 0.3) is 10.9 Å². The van der Waals surface area contributed by atoms with Gasteiger partial charge in [-0.3, -0.25) is 20.4 Å². The molecule has 6 nitrogen and oxygen atoms in total. The molecule has 0 bridgehead atoms. The van der Waals surface area contributed by atoms with E-state index in [-0.39, 0.29) is 5.91 Å². The van der Waals surface area contributed by atoms with Crippen LogP contribution in [-0.2, 0) is 0 Å². The topological polar surface area (TPSA) is 89.8 Å². The molecule has 0 aliphatic carbocycles. The molecule has 0 aliphatic heterocycles. The number of amides is 2. The van der Waals surface area contributed by atoms with Gasteiger partial charge in [-0.15, -0.1) is 0 Å². The fourth-order valence-corrected chi connectivity index (χ4v) is 2.35. The van der Waals surface area contributed by atoms with Crippen molar-refractivity contribution in [2.45, 2.75) is 0 Å². The summed E-state index contributed by atoms with van der Waals surface area (Å²) in [7, 11) is 0. The van der Waals surface area contributed by atoms with Crippen LogP contribution in [0, 0.1) is 0 Å². The van der Waals surface area contributed by atoms with Gasteiger partial charge in [-0.2, -0.15) is 0 Å². The summed E-state index contributed by atoms with van der Waals surface area (Å²) in [5.41, 5.74) is 6.43. The molecule has 0 aliphatic rings. The number of fused-ring (bicyclic) bond motifs is 1. The minimum Gasteiger partial charge on any atom is -0.360 e. The summed E-state index contributed by atoms with van der Waals surface area (Å²) in [6.07, 6.45) is 3.24. The molecule has 0 atom stereocenters. The zero-order chi connectivity index (χ0) is 14.8. The fourth-order valence-electron chi connectivity index (χ4n) is 2.01. The van der Waals surface area contributed by atoms with Crippen LogP contribution in [0.5, 0.6) is 0 Å². The number of para-hydroxylation sites is 1. The number of aromatic amines is 2. The lowest BCUT2D eigenvalue weighted by Crippen LogP contribution is -2.41. The Morgan fingerprint density at radius 2 is 1.76 bits per heavy atom. The second-order valence-electron chi connectivity index (χ2n) is 4.39. The first-order valence-corrected chi connectivity index (χ1v) is 6.95. The Morgan fingerprint density at radius 1 is 1.00 bits per heavy atom. The summed E-state index contributed by atoms with van der Waals surface area (Å²) >= 11 is 3.24. The van der Waals surface area contributed by atoms with E-state index in [0.717, 1.165) is 15.4 Å². The molecule has 2 heterocycles. The van der Waals surface area contributed by atoms with E-state index in [2.05, 4.69) is 36.7 Å². The Balaban J connectivity index is 1.71. The summed E-state index contributed by atoms with van der Waals surface area (Å²) in [5.74, 6) is -0.805. The number of H-pyrrole nitrogens is 2. The molecular weight excluding hydrogens is 336 g/mol. The molecule has 106 valence electrons. The van der Waals surface area contributed by atoms with E-state index in [1.54, 1.807) is 18.5 Å². The lowest BCUT2D eigenvalue weighted by atomic mass is 10.2. The Labute approximate surface area is 128 Å². The third-order valence-electron chi connectivity index (χ3n) is 3.02. The van der Waals surface area contributed by atoms with E-state index >= 15 is 0 Å². The molecule has 0 fully saturated rings. The highest BCUT2D eigenvalue weighted by Crippen LogP contribution is 2.17. The van der Waals surface area contributed by atoms with Crippen LogP contribution in [0.3, 0.4) is 0 Å². The van der Waals surface area contributed by atoms with E-state index in [1.807, 2.05) is 24.3 Å². The maximum atomic E-state index is 12.1. The van der Waals surface area contributed by atoms with Gasteiger partial charge in [0.2, 0.25) is 0 Å². The van der Waals surface area contributed by atoms with Crippen LogP contribution in [0.4, 0.5) is 0 Å². The predicted molar refractivity (Wildman–Crippen MR) is 81.7 cm³/mol. The molecule has 2 amide bonds. The van der Waals surface area contributed by atoms with Crippen molar-refractivity contribution in [2.24, 2.45) is 0 Å². The number of hydrazine groups is 1. The highest BCUT2D eigenvalue weighted by molar-refractivity contribution is 9.10. The molecule has 0 unspecified atom stereocenters. The molecular formula is C14H11BrN4O2. The Morgan fingerprint density at radius 3 is 2.52 bits per heavy atom. The maximum Gasteiger partial charge on any atom is 0.286 e. The Kier molecular flexibility index (Phi) is 3.49. The van der Waals surface area contributed by atoms with Gasteiger partial charge in [-0.1, -0.05) is 18.2 Å². The fraction of sp³-hybridized carbons (Fsp3) is 0. The van der Waals surface area contributed by atoms with Gasteiger partial charge in [-0.25, -0.2) is 0 Å². The number of halogens is 1. The van der Waals surface area contributed by atoms with Crippen molar-refractivity contribution in [1.29, 1.82) is 0 Å². The van der Waals surface area contributed by atoms with E-state index in [0.29, 0.717) is 11.3 Å². The first-order chi connectivity index (χ1) is 10.1. The number of hydrogen-bond acceptors (Lipinski definition) is 2. The van der Waals surface area contributed by atoms with E-state index < -0.39 is 5.91 Å². The smallest absolute Gasteiger partial charge is 0.286 e.